The molecule has 232 valence electrons. The molecule has 0 atom stereocenters. The SMILES string of the molecule is C=C=C=C=C=C(OC(=O)CC)Oc1ccc(N=Nc2cc3sc(N=Nc4ccc(N(CC)CCOC(=O)C=C)cc4)nc3s2)cc1. The van der Waals surface area contributed by atoms with Gasteiger partial charge in [-0.1, -0.05) is 41.9 Å². The van der Waals surface area contributed by atoms with Crippen LogP contribution in [0.3, 0.4) is 0 Å². The maximum atomic E-state index is 11.7. The van der Waals surface area contributed by atoms with Crippen molar-refractivity contribution in [1.29, 1.82) is 0 Å². The standard InChI is InChI=1S/C33H28N6O5S2/c1-5-9-10-11-31(44-30(41)7-3)43-26-18-14-24(15-19-26)35-37-28-22-27-32(46-28)34-33(45-27)38-36-23-12-16-25(17-13-23)39(8-4)20-21-42-29(40)6-2/h6,12-19,22H,1-2,7-8,20-21H2,3-4H3. The fraction of sp³-hybridized carbons (Fsp3) is 0.182. The van der Waals surface area contributed by atoms with Crippen LogP contribution < -0.4 is 9.64 Å². The zero-order valence-electron chi connectivity index (χ0n) is 25.1. The average Bonchev–Trinajstić information content (AvgIpc) is 3.64. The Morgan fingerprint density at radius 1 is 0.978 bits per heavy atom. The summed E-state index contributed by atoms with van der Waals surface area (Å²) < 4.78 is 16.7. The van der Waals surface area contributed by atoms with E-state index in [4.69, 9.17) is 14.2 Å². The second-order valence-corrected chi connectivity index (χ2v) is 10.9. The van der Waals surface area contributed by atoms with Crippen LogP contribution in [0, 0.1) is 0 Å². The van der Waals surface area contributed by atoms with Crippen molar-refractivity contribution < 1.29 is 23.8 Å². The Morgan fingerprint density at radius 3 is 2.35 bits per heavy atom. The van der Waals surface area contributed by atoms with E-state index in [-0.39, 0.29) is 19.0 Å². The van der Waals surface area contributed by atoms with Gasteiger partial charge < -0.3 is 19.1 Å². The molecule has 0 amide bonds. The molecule has 0 bridgehead atoms. The van der Waals surface area contributed by atoms with Crippen LogP contribution in [0.4, 0.5) is 27.2 Å². The van der Waals surface area contributed by atoms with E-state index in [1.807, 2.05) is 37.3 Å². The molecular formula is C33H28N6O5S2. The van der Waals surface area contributed by atoms with E-state index < -0.39 is 11.9 Å². The number of azo groups is 2. The van der Waals surface area contributed by atoms with Crippen molar-refractivity contribution in [2.45, 2.75) is 20.3 Å². The molecule has 0 aliphatic carbocycles. The molecule has 11 nitrogen and oxygen atoms in total. The van der Waals surface area contributed by atoms with Crippen molar-refractivity contribution >= 4 is 71.3 Å². The Hall–Kier alpha value is -5.63. The zero-order valence-corrected chi connectivity index (χ0v) is 26.7. The number of hydrogen-bond donors (Lipinski definition) is 0. The number of benzene rings is 2. The molecule has 0 aliphatic heterocycles. The lowest BCUT2D eigenvalue weighted by atomic mass is 10.2. The predicted octanol–water partition coefficient (Wildman–Crippen LogP) is 9.17. The van der Waals surface area contributed by atoms with Crippen LogP contribution in [0.15, 0.2) is 123 Å². The van der Waals surface area contributed by atoms with Gasteiger partial charge in [0.05, 0.1) is 22.6 Å². The molecule has 0 fully saturated rings. The molecule has 13 heteroatoms. The maximum Gasteiger partial charge on any atom is 0.350 e. The number of nitrogens with zero attached hydrogens (tertiary/aromatic N) is 6. The minimum Gasteiger partial charge on any atom is -0.461 e. The fourth-order valence-electron chi connectivity index (χ4n) is 3.59. The third-order valence-corrected chi connectivity index (χ3v) is 7.74. The summed E-state index contributed by atoms with van der Waals surface area (Å²) in [7, 11) is 0. The first-order chi connectivity index (χ1) is 22.4. The first kappa shape index (κ1) is 33.3. The van der Waals surface area contributed by atoms with Crippen LogP contribution in [0.1, 0.15) is 20.3 Å². The number of thiazole rings is 1. The van der Waals surface area contributed by atoms with E-state index in [1.54, 1.807) is 31.2 Å². The first-order valence-electron chi connectivity index (χ1n) is 13.9. The summed E-state index contributed by atoms with van der Waals surface area (Å²) >= 11 is 2.80. The third-order valence-electron chi connectivity index (χ3n) is 5.81. The average molecular weight is 653 g/mol. The third kappa shape index (κ3) is 9.95. The van der Waals surface area contributed by atoms with Gasteiger partial charge in [0.25, 0.3) is 0 Å². The van der Waals surface area contributed by atoms with Gasteiger partial charge in [-0.2, -0.15) is 0 Å². The highest BCUT2D eigenvalue weighted by molar-refractivity contribution is 7.30. The number of ether oxygens (including phenoxy) is 3. The Balaban J connectivity index is 1.35. The van der Waals surface area contributed by atoms with Crippen molar-refractivity contribution in [1.82, 2.24) is 4.98 Å². The minimum absolute atomic E-state index is 0.171. The lowest BCUT2D eigenvalue weighted by molar-refractivity contribution is -0.142. The zero-order chi connectivity index (χ0) is 32.7. The maximum absolute atomic E-state index is 11.7. The molecule has 2 aromatic heterocycles. The molecule has 2 aromatic carbocycles. The lowest BCUT2D eigenvalue weighted by Crippen LogP contribution is -2.27. The van der Waals surface area contributed by atoms with Gasteiger partial charge in [0.2, 0.25) is 5.13 Å². The number of esters is 2. The number of carbonyl (C=O) groups is 2. The molecule has 2 heterocycles. The molecule has 0 N–H and O–H groups in total. The topological polar surface area (TPSA) is 127 Å². The molecule has 4 aromatic rings. The van der Waals surface area contributed by atoms with E-state index in [0.717, 1.165) is 27.8 Å². The van der Waals surface area contributed by atoms with E-state index >= 15 is 0 Å². The first-order valence-corrected chi connectivity index (χ1v) is 15.6. The quantitative estimate of drug-likeness (QED) is 0.0437. The van der Waals surface area contributed by atoms with E-state index in [0.29, 0.717) is 33.8 Å². The molecule has 0 spiro atoms. The van der Waals surface area contributed by atoms with Gasteiger partial charge in [-0.05, 0) is 79.6 Å². The predicted molar refractivity (Wildman–Crippen MR) is 178 cm³/mol. The monoisotopic (exact) mass is 652 g/mol. The van der Waals surface area contributed by atoms with Crippen LogP contribution in [-0.2, 0) is 19.1 Å². The largest absolute Gasteiger partial charge is 0.461 e. The highest BCUT2D eigenvalue weighted by Gasteiger charge is 2.10. The molecular weight excluding hydrogens is 625 g/mol. The number of aromatic nitrogens is 1. The summed E-state index contributed by atoms with van der Waals surface area (Å²) in [6.45, 7) is 12.1. The van der Waals surface area contributed by atoms with Gasteiger partial charge >= 0.3 is 17.9 Å². The summed E-state index contributed by atoms with van der Waals surface area (Å²) in [5, 5.41) is 18.5. The van der Waals surface area contributed by atoms with Crippen LogP contribution in [0.2, 0.25) is 0 Å². The van der Waals surface area contributed by atoms with Crippen LogP contribution in [0.25, 0.3) is 9.53 Å². The number of thiophene rings is 1. The highest BCUT2D eigenvalue weighted by Crippen LogP contribution is 2.39. The van der Waals surface area contributed by atoms with Crippen LogP contribution >= 0.6 is 22.7 Å². The minimum atomic E-state index is -0.480. The van der Waals surface area contributed by atoms with Gasteiger partial charge in [0.15, 0.2) is 0 Å². The Labute approximate surface area is 273 Å². The van der Waals surface area contributed by atoms with Gasteiger partial charge in [0, 0.05) is 30.5 Å². The van der Waals surface area contributed by atoms with Crippen molar-refractivity contribution in [2.24, 2.45) is 20.5 Å². The Morgan fingerprint density at radius 2 is 1.70 bits per heavy atom. The Bertz CT molecular complexity index is 1890. The van der Waals surface area contributed by atoms with E-state index in [2.05, 4.69) is 66.4 Å². The molecule has 4 rings (SSSR count). The summed E-state index contributed by atoms with van der Waals surface area (Å²) in [6, 6.07) is 16.3. The second kappa shape index (κ2) is 17.0. The van der Waals surface area contributed by atoms with Crippen molar-refractivity contribution in [3.63, 3.8) is 0 Å². The molecule has 0 saturated carbocycles. The lowest BCUT2D eigenvalue weighted by Gasteiger charge is -2.22. The summed E-state index contributed by atoms with van der Waals surface area (Å²) in [4.78, 5) is 30.4. The highest BCUT2D eigenvalue weighted by atomic mass is 32.1. The fourth-order valence-corrected chi connectivity index (χ4v) is 5.44. The smallest absolute Gasteiger partial charge is 0.350 e. The number of likely N-dealkylation sites (N-methyl/N-ethyl adjacent to an activating group) is 1. The van der Waals surface area contributed by atoms with Crippen molar-refractivity contribution in [3.8, 4) is 5.75 Å². The van der Waals surface area contributed by atoms with E-state index in [9.17, 15) is 9.59 Å². The number of fused-ring (bicyclic) bond motifs is 1. The van der Waals surface area contributed by atoms with Gasteiger partial charge in [0.1, 0.15) is 22.2 Å². The molecule has 0 radical (unpaired) electrons. The Kier molecular flexibility index (Phi) is 12.3. The summed E-state index contributed by atoms with van der Waals surface area (Å²) in [6.07, 6.45) is 1.32. The molecule has 0 unspecified atom stereocenters. The number of rotatable bonds is 14. The molecule has 0 aliphatic rings. The van der Waals surface area contributed by atoms with E-state index in [1.165, 1.54) is 22.7 Å². The summed E-state index contributed by atoms with van der Waals surface area (Å²) in [5.74, 6) is -0.686. The molecule has 46 heavy (non-hydrogen) atoms. The van der Waals surface area contributed by atoms with Gasteiger partial charge in [-0.25, -0.2) is 9.78 Å². The normalized spacial score (nSPS) is 10.6. The number of anilines is 1. The van der Waals surface area contributed by atoms with Crippen molar-refractivity contribution in [3.05, 3.63) is 103 Å². The molecule has 0 saturated heterocycles. The second-order valence-electron chi connectivity index (χ2n) is 8.88. The van der Waals surface area contributed by atoms with Gasteiger partial charge in [-0.3, -0.25) is 4.79 Å². The van der Waals surface area contributed by atoms with Gasteiger partial charge in [-0.15, -0.1) is 20.5 Å². The van der Waals surface area contributed by atoms with Crippen molar-refractivity contribution in [2.75, 3.05) is 24.6 Å². The summed E-state index contributed by atoms with van der Waals surface area (Å²) in [5.41, 5.74) is 12.2. The van der Waals surface area contributed by atoms with Crippen LogP contribution in [0.5, 0.6) is 5.75 Å². The van der Waals surface area contributed by atoms with Crippen LogP contribution in [-0.4, -0.2) is 36.6 Å². The number of carbonyl (C=O) groups excluding carboxylic acids is 2. The number of hydrogen-bond acceptors (Lipinski definition) is 13.